The molecule has 0 fully saturated rings. The molecular formula is C9H14BrN3O2. The van der Waals surface area contributed by atoms with Crippen molar-refractivity contribution < 1.29 is 5.11 Å². The van der Waals surface area contributed by atoms with Crippen LogP contribution >= 0.6 is 15.9 Å². The van der Waals surface area contributed by atoms with Gasteiger partial charge >= 0.3 is 0 Å². The summed E-state index contributed by atoms with van der Waals surface area (Å²) in [5.41, 5.74) is 0.429. The molecule has 0 spiro atoms. The van der Waals surface area contributed by atoms with Gasteiger partial charge in [0.2, 0.25) is 0 Å². The molecule has 0 aliphatic heterocycles. The molecule has 5 nitrogen and oxygen atoms in total. The summed E-state index contributed by atoms with van der Waals surface area (Å²) in [5, 5.41) is 16.0. The largest absolute Gasteiger partial charge is 0.392 e. The zero-order chi connectivity index (χ0) is 11.4. The number of aromatic nitrogens is 2. The highest BCUT2D eigenvalue weighted by atomic mass is 79.9. The Bertz CT molecular complexity index is 389. The molecule has 0 aliphatic carbocycles. The molecule has 15 heavy (non-hydrogen) atoms. The van der Waals surface area contributed by atoms with Gasteiger partial charge in [-0.3, -0.25) is 4.79 Å². The van der Waals surface area contributed by atoms with Crippen molar-refractivity contribution in [3.05, 3.63) is 21.0 Å². The van der Waals surface area contributed by atoms with Gasteiger partial charge in [-0.25, -0.2) is 4.68 Å². The molecule has 0 saturated heterocycles. The van der Waals surface area contributed by atoms with Gasteiger partial charge in [0.15, 0.2) is 0 Å². The molecule has 6 heteroatoms. The first-order chi connectivity index (χ1) is 7.06. The minimum atomic E-state index is -0.467. The lowest BCUT2D eigenvalue weighted by Crippen LogP contribution is -2.25. The smallest absolute Gasteiger partial charge is 0.283 e. The SMILES string of the molecule is CCn1ncc(NCC(C)O)c(Br)c1=O. The maximum absolute atomic E-state index is 11.6. The van der Waals surface area contributed by atoms with Crippen molar-refractivity contribution in [2.75, 3.05) is 11.9 Å². The number of nitrogens with one attached hydrogen (secondary N) is 1. The third-order valence-electron chi connectivity index (χ3n) is 1.87. The van der Waals surface area contributed by atoms with E-state index in [-0.39, 0.29) is 5.56 Å². The van der Waals surface area contributed by atoms with Gasteiger partial charge in [0.1, 0.15) is 4.47 Å². The van der Waals surface area contributed by atoms with Gasteiger partial charge in [0.25, 0.3) is 5.56 Å². The second-order valence-electron chi connectivity index (χ2n) is 3.22. The van der Waals surface area contributed by atoms with Gasteiger partial charge in [0.05, 0.1) is 18.0 Å². The Hall–Kier alpha value is -0.880. The molecule has 1 aromatic rings. The molecule has 1 aromatic heterocycles. The van der Waals surface area contributed by atoms with E-state index in [9.17, 15) is 4.79 Å². The number of hydrogen-bond acceptors (Lipinski definition) is 4. The third kappa shape index (κ3) is 3.04. The number of nitrogens with zero attached hydrogens (tertiary/aromatic N) is 2. The van der Waals surface area contributed by atoms with Crippen LogP contribution in [-0.4, -0.2) is 27.5 Å². The Morgan fingerprint density at radius 2 is 2.40 bits per heavy atom. The van der Waals surface area contributed by atoms with E-state index < -0.39 is 6.10 Å². The summed E-state index contributed by atoms with van der Waals surface area (Å²) in [7, 11) is 0. The summed E-state index contributed by atoms with van der Waals surface area (Å²) in [6.07, 6.45) is 1.10. The predicted molar refractivity (Wildman–Crippen MR) is 62.0 cm³/mol. The Labute approximate surface area is 96.2 Å². The number of halogens is 1. The second-order valence-corrected chi connectivity index (χ2v) is 4.02. The van der Waals surface area contributed by atoms with E-state index in [0.717, 1.165) is 0 Å². The van der Waals surface area contributed by atoms with Crippen molar-refractivity contribution in [1.29, 1.82) is 0 Å². The fraction of sp³-hybridized carbons (Fsp3) is 0.556. The fourth-order valence-electron chi connectivity index (χ4n) is 1.07. The van der Waals surface area contributed by atoms with Crippen LogP contribution in [0, 0.1) is 0 Å². The molecule has 0 bridgehead atoms. The highest BCUT2D eigenvalue weighted by Crippen LogP contribution is 2.15. The standard InChI is InChI=1S/C9H14BrN3O2/c1-3-13-9(15)8(10)7(5-12-13)11-4-6(2)14/h5-6,11,14H,3-4H2,1-2H3. The molecule has 1 rings (SSSR count). The summed E-state index contributed by atoms with van der Waals surface area (Å²) < 4.78 is 1.80. The number of rotatable bonds is 4. The first-order valence-electron chi connectivity index (χ1n) is 4.73. The monoisotopic (exact) mass is 275 g/mol. The van der Waals surface area contributed by atoms with Crippen LogP contribution in [0.5, 0.6) is 0 Å². The van der Waals surface area contributed by atoms with Crippen molar-refractivity contribution >= 4 is 21.6 Å². The molecule has 0 amide bonds. The molecule has 2 N–H and O–H groups in total. The predicted octanol–water partition coefficient (Wildman–Crippen LogP) is 0.818. The Morgan fingerprint density at radius 3 is 2.93 bits per heavy atom. The lowest BCUT2D eigenvalue weighted by atomic mass is 10.4. The molecule has 0 saturated carbocycles. The number of hydrogen-bond donors (Lipinski definition) is 2. The minimum Gasteiger partial charge on any atom is -0.392 e. The number of aliphatic hydroxyl groups excluding tert-OH is 1. The van der Waals surface area contributed by atoms with Crippen LogP contribution in [-0.2, 0) is 6.54 Å². The van der Waals surface area contributed by atoms with Crippen LogP contribution in [0.3, 0.4) is 0 Å². The first-order valence-corrected chi connectivity index (χ1v) is 5.53. The van der Waals surface area contributed by atoms with E-state index in [2.05, 4.69) is 26.3 Å². The van der Waals surface area contributed by atoms with E-state index in [0.29, 0.717) is 23.2 Å². The fourth-order valence-corrected chi connectivity index (χ4v) is 1.52. The van der Waals surface area contributed by atoms with Gasteiger partial charge < -0.3 is 10.4 Å². The van der Waals surface area contributed by atoms with Gasteiger partial charge in [-0.1, -0.05) is 0 Å². The van der Waals surface area contributed by atoms with Gasteiger partial charge in [-0.15, -0.1) is 0 Å². The molecular weight excluding hydrogens is 262 g/mol. The molecule has 1 unspecified atom stereocenters. The van der Waals surface area contributed by atoms with Crippen LogP contribution in [0.25, 0.3) is 0 Å². The van der Waals surface area contributed by atoms with Gasteiger partial charge in [0, 0.05) is 13.1 Å². The lowest BCUT2D eigenvalue weighted by Gasteiger charge is -2.10. The maximum atomic E-state index is 11.6. The normalized spacial score (nSPS) is 12.5. The lowest BCUT2D eigenvalue weighted by molar-refractivity contribution is 0.208. The first kappa shape index (κ1) is 12.2. The highest BCUT2D eigenvalue weighted by Gasteiger charge is 2.07. The highest BCUT2D eigenvalue weighted by molar-refractivity contribution is 9.10. The van der Waals surface area contributed by atoms with Crippen molar-refractivity contribution in [3.63, 3.8) is 0 Å². The Balaban J connectivity index is 2.92. The Kier molecular flexibility index (Phi) is 4.28. The third-order valence-corrected chi connectivity index (χ3v) is 2.64. The zero-order valence-corrected chi connectivity index (χ0v) is 10.3. The topological polar surface area (TPSA) is 67.2 Å². The molecule has 1 heterocycles. The number of aryl methyl sites for hydroxylation is 1. The van der Waals surface area contributed by atoms with Crippen LogP contribution < -0.4 is 10.9 Å². The summed E-state index contributed by atoms with van der Waals surface area (Å²) in [5.74, 6) is 0. The number of aliphatic hydroxyl groups is 1. The summed E-state index contributed by atoms with van der Waals surface area (Å²) in [6.45, 7) is 4.44. The minimum absolute atomic E-state index is 0.173. The van der Waals surface area contributed by atoms with Crippen molar-refractivity contribution in [3.8, 4) is 0 Å². The van der Waals surface area contributed by atoms with E-state index in [1.807, 2.05) is 6.92 Å². The maximum Gasteiger partial charge on any atom is 0.283 e. The molecule has 1 atom stereocenters. The van der Waals surface area contributed by atoms with Crippen molar-refractivity contribution in [2.24, 2.45) is 0 Å². The summed E-state index contributed by atoms with van der Waals surface area (Å²) in [6, 6.07) is 0. The quantitative estimate of drug-likeness (QED) is 0.854. The van der Waals surface area contributed by atoms with Crippen molar-refractivity contribution in [2.45, 2.75) is 26.5 Å². The van der Waals surface area contributed by atoms with Crippen LogP contribution in [0.1, 0.15) is 13.8 Å². The Morgan fingerprint density at radius 1 is 1.73 bits per heavy atom. The van der Waals surface area contributed by atoms with E-state index in [1.54, 1.807) is 13.1 Å². The molecule has 84 valence electrons. The van der Waals surface area contributed by atoms with Crippen LogP contribution in [0.4, 0.5) is 5.69 Å². The van der Waals surface area contributed by atoms with Crippen LogP contribution in [0.2, 0.25) is 0 Å². The average molecular weight is 276 g/mol. The van der Waals surface area contributed by atoms with Gasteiger partial charge in [-0.2, -0.15) is 5.10 Å². The van der Waals surface area contributed by atoms with E-state index in [4.69, 9.17) is 5.11 Å². The van der Waals surface area contributed by atoms with Crippen molar-refractivity contribution in [1.82, 2.24) is 9.78 Å². The summed E-state index contributed by atoms with van der Waals surface area (Å²) in [4.78, 5) is 11.6. The molecule has 0 aromatic carbocycles. The van der Waals surface area contributed by atoms with Crippen LogP contribution in [0.15, 0.2) is 15.5 Å². The summed E-state index contributed by atoms with van der Waals surface area (Å²) >= 11 is 3.20. The van der Waals surface area contributed by atoms with Gasteiger partial charge in [-0.05, 0) is 29.8 Å². The number of anilines is 1. The molecule has 0 radical (unpaired) electrons. The average Bonchev–Trinajstić information content (AvgIpc) is 2.20. The molecule has 0 aliphatic rings. The van der Waals surface area contributed by atoms with E-state index >= 15 is 0 Å². The second kappa shape index (κ2) is 5.27. The van der Waals surface area contributed by atoms with E-state index in [1.165, 1.54) is 4.68 Å². The zero-order valence-electron chi connectivity index (χ0n) is 8.70.